The van der Waals surface area contributed by atoms with Gasteiger partial charge in [-0.25, -0.2) is 0 Å². The summed E-state index contributed by atoms with van der Waals surface area (Å²) in [7, 11) is 0. The fourth-order valence-electron chi connectivity index (χ4n) is 2.69. The zero-order valence-electron chi connectivity index (χ0n) is 10.5. The minimum absolute atomic E-state index is 0.279. The van der Waals surface area contributed by atoms with Crippen LogP contribution in [0.2, 0.25) is 0 Å². The number of aliphatic hydroxyl groups is 1. The summed E-state index contributed by atoms with van der Waals surface area (Å²) in [4.78, 5) is 2.39. The largest absolute Gasteiger partial charge is 0.389 e. The Morgan fingerprint density at radius 3 is 2.88 bits per heavy atom. The molecule has 0 saturated carbocycles. The predicted octanol–water partition coefficient (Wildman–Crippen LogP) is 3.18. The summed E-state index contributed by atoms with van der Waals surface area (Å²) in [5, 5.41) is 10.2. The van der Waals surface area contributed by atoms with E-state index in [0.717, 1.165) is 24.0 Å². The van der Waals surface area contributed by atoms with E-state index in [0.29, 0.717) is 0 Å². The third-order valence-corrected chi connectivity index (χ3v) is 3.95. The van der Waals surface area contributed by atoms with Crippen molar-refractivity contribution in [1.29, 1.82) is 0 Å². The lowest BCUT2D eigenvalue weighted by molar-refractivity contribution is -0.00501. The van der Waals surface area contributed by atoms with Gasteiger partial charge in [-0.05, 0) is 50.9 Å². The molecule has 1 aromatic carbocycles. The Balaban J connectivity index is 2.08. The van der Waals surface area contributed by atoms with Gasteiger partial charge in [0, 0.05) is 17.1 Å². The molecular formula is C14H20BrNO. The van der Waals surface area contributed by atoms with Gasteiger partial charge in [0.2, 0.25) is 0 Å². The monoisotopic (exact) mass is 297 g/mol. The lowest BCUT2D eigenvalue weighted by Crippen LogP contribution is -2.45. The van der Waals surface area contributed by atoms with E-state index in [9.17, 15) is 5.11 Å². The number of hydrogen-bond acceptors (Lipinski definition) is 2. The summed E-state index contributed by atoms with van der Waals surface area (Å²) >= 11 is 3.50. The number of rotatable bonds is 3. The smallest absolute Gasteiger partial charge is 0.0746 e. The van der Waals surface area contributed by atoms with Crippen LogP contribution >= 0.6 is 15.9 Å². The normalized spacial score (nSPS) is 22.0. The third kappa shape index (κ3) is 3.30. The summed E-state index contributed by atoms with van der Waals surface area (Å²) in [5.74, 6) is 0. The van der Waals surface area contributed by atoms with E-state index in [1.54, 1.807) is 0 Å². The van der Waals surface area contributed by atoms with Gasteiger partial charge in [0.25, 0.3) is 0 Å². The maximum Gasteiger partial charge on any atom is 0.0746 e. The van der Waals surface area contributed by atoms with Crippen molar-refractivity contribution in [2.45, 2.75) is 44.9 Å². The van der Waals surface area contributed by atoms with Gasteiger partial charge in [-0.2, -0.15) is 0 Å². The molecule has 1 atom stereocenters. The standard InChI is InChI=1S/C14H20BrNO/c1-14(2,17)13-7-4-8-16(13)10-11-5-3-6-12(15)9-11/h3,5-6,9,13,17H,4,7-8,10H2,1-2H3/t13-/m1/s1. The van der Waals surface area contributed by atoms with Crippen molar-refractivity contribution in [2.75, 3.05) is 6.54 Å². The van der Waals surface area contributed by atoms with Crippen LogP contribution in [0.15, 0.2) is 28.7 Å². The average Bonchev–Trinajstić information content (AvgIpc) is 2.65. The van der Waals surface area contributed by atoms with E-state index in [-0.39, 0.29) is 6.04 Å². The lowest BCUT2D eigenvalue weighted by atomic mass is 9.96. The highest BCUT2D eigenvalue weighted by Crippen LogP contribution is 2.28. The van der Waals surface area contributed by atoms with Crippen LogP contribution in [0.5, 0.6) is 0 Å². The molecule has 2 nitrogen and oxygen atoms in total. The van der Waals surface area contributed by atoms with Gasteiger partial charge >= 0.3 is 0 Å². The van der Waals surface area contributed by atoms with Crippen molar-refractivity contribution < 1.29 is 5.11 Å². The second-order valence-corrected chi connectivity index (χ2v) is 6.33. The second-order valence-electron chi connectivity index (χ2n) is 5.41. The molecule has 0 spiro atoms. The molecule has 1 saturated heterocycles. The molecule has 17 heavy (non-hydrogen) atoms. The van der Waals surface area contributed by atoms with Gasteiger partial charge < -0.3 is 5.11 Å². The van der Waals surface area contributed by atoms with Crippen molar-refractivity contribution in [3.05, 3.63) is 34.3 Å². The van der Waals surface area contributed by atoms with E-state index in [1.807, 2.05) is 19.9 Å². The maximum absolute atomic E-state index is 10.2. The molecule has 0 aromatic heterocycles. The topological polar surface area (TPSA) is 23.5 Å². The van der Waals surface area contributed by atoms with Gasteiger partial charge in [0.05, 0.1) is 5.60 Å². The van der Waals surface area contributed by atoms with Gasteiger partial charge in [-0.3, -0.25) is 4.90 Å². The summed E-state index contributed by atoms with van der Waals surface area (Å²) in [5.41, 5.74) is 0.693. The number of hydrogen-bond donors (Lipinski definition) is 1. The molecule has 0 radical (unpaired) electrons. The van der Waals surface area contributed by atoms with Gasteiger partial charge in [0.15, 0.2) is 0 Å². The van der Waals surface area contributed by atoms with E-state index >= 15 is 0 Å². The molecule has 0 aliphatic carbocycles. The zero-order chi connectivity index (χ0) is 12.5. The highest BCUT2D eigenvalue weighted by Gasteiger charge is 2.35. The minimum atomic E-state index is -0.609. The van der Waals surface area contributed by atoms with Crippen molar-refractivity contribution in [3.8, 4) is 0 Å². The first kappa shape index (κ1) is 13.1. The Hall–Kier alpha value is -0.380. The van der Waals surface area contributed by atoms with Crippen LogP contribution in [0.25, 0.3) is 0 Å². The minimum Gasteiger partial charge on any atom is -0.389 e. The van der Waals surface area contributed by atoms with Crippen LogP contribution in [0.4, 0.5) is 0 Å². The molecule has 0 amide bonds. The van der Waals surface area contributed by atoms with E-state index < -0.39 is 5.60 Å². The Morgan fingerprint density at radius 1 is 1.47 bits per heavy atom. The molecule has 1 aliphatic heterocycles. The molecular weight excluding hydrogens is 278 g/mol. The first-order valence-corrected chi connectivity index (χ1v) is 6.97. The van der Waals surface area contributed by atoms with Crippen LogP contribution in [-0.4, -0.2) is 28.2 Å². The van der Waals surface area contributed by atoms with Crippen LogP contribution in [-0.2, 0) is 6.54 Å². The molecule has 1 aliphatic rings. The van der Waals surface area contributed by atoms with Gasteiger partial charge in [-0.1, -0.05) is 28.1 Å². The summed E-state index contributed by atoms with van der Waals surface area (Å²) in [6.07, 6.45) is 2.28. The highest BCUT2D eigenvalue weighted by atomic mass is 79.9. The van der Waals surface area contributed by atoms with Gasteiger partial charge in [0.1, 0.15) is 0 Å². The van der Waals surface area contributed by atoms with Crippen LogP contribution < -0.4 is 0 Å². The van der Waals surface area contributed by atoms with Crippen molar-refractivity contribution >= 4 is 15.9 Å². The number of halogens is 1. The van der Waals surface area contributed by atoms with E-state index in [2.05, 4.69) is 39.0 Å². The quantitative estimate of drug-likeness (QED) is 0.926. The molecule has 94 valence electrons. The second kappa shape index (κ2) is 5.09. The number of nitrogens with zero attached hydrogens (tertiary/aromatic N) is 1. The summed E-state index contributed by atoms with van der Waals surface area (Å²) in [6.45, 7) is 5.84. The Kier molecular flexibility index (Phi) is 3.91. The zero-order valence-corrected chi connectivity index (χ0v) is 12.1. The van der Waals surface area contributed by atoms with Crippen molar-refractivity contribution in [2.24, 2.45) is 0 Å². The maximum atomic E-state index is 10.2. The van der Waals surface area contributed by atoms with Crippen molar-refractivity contribution in [3.63, 3.8) is 0 Å². The molecule has 3 heteroatoms. The summed E-state index contributed by atoms with van der Waals surface area (Å²) < 4.78 is 1.12. The highest BCUT2D eigenvalue weighted by molar-refractivity contribution is 9.10. The van der Waals surface area contributed by atoms with Crippen molar-refractivity contribution in [1.82, 2.24) is 4.90 Å². The van der Waals surface area contributed by atoms with Crippen LogP contribution in [0.3, 0.4) is 0 Å². The molecule has 0 bridgehead atoms. The van der Waals surface area contributed by atoms with E-state index in [4.69, 9.17) is 0 Å². The molecule has 0 unspecified atom stereocenters. The number of likely N-dealkylation sites (tertiary alicyclic amines) is 1. The third-order valence-electron chi connectivity index (χ3n) is 3.45. The molecule has 1 aromatic rings. The predicted molar refractivity (Wildman–Crippen MR) is 73.9 cm³/mol. The molecule has 1 N–H and O–H groups in total. The average molecular weight is 298 g/mol. The molecule has 1 fully saturated rings. The fourth-order valence-corrected chi connectivity index (χ4v) is 3.13. The Morgan fingerprint density at radius 2 is 2.24 bits per heavy atom. The van der Waals surface area contributed by atoms with Crippen LogP contribution in [0, 0.1) is 0 Å². The fraction of sp³-hybridized carbons (Fsp3) is 0.571. The number of benzene rings is 1. The first-order chi connectivity index (χ1) is 7.97. The Bertz CT molecular complexity index is 386. The first-order valence-electron chi connectivity index (χ1n) is 6.18. The molecule has 2 rings (SSSR count). The Labute approximate surface area is 112 Å². The SMILES string of the molecule is CC(C)(O)[C@H]1CCCN1Cc1cccc(Br)c1. The molecule has 1 heterocycles. The van der Waals surface area contributed by atoms with Crippen LogP contribution in [0.1, 0.15) is 32.3 Å². The lowest BCUT2D eigenvalue weighted by Gasteiger charge is -2.33. The van der Waals surface area contributed by atoms with Gasteiger partial charge in [-0.15, -0.1) is 0 Å². The van der Waals surface area contributed by atoms with E-state index in [1.165, 1.54) is 12.0 Å². The summed E-state index contributed by atoms with van der Waals surface area (Å²) in [6, 6.07) is 8.68.